The van der Waals surface area contributed by atoms with Gasteiger partial charge in [-0.1, -0.05) is 42.0 Å². The van der Waals surface area contributed by atoms with Gasteiger partial charge in [0.05, 0.1) is 6.42 Å². The molecule has 1 N–H and O–H groups in total. The van der Waals surface area contributed by atoms with Gasteiger partial charge in [0.25, 0.3) is 0 Å². The first-order valence-corrected chi connectivity index (χ1v) is 7.56. The molecule has 2 aromatic rings. The smallest absolute Gasteiger partial charge is 0.305 e. The number of aliphatic carboxylic acids is 1. The molecule has 0 aromatic heterocycles. The van der Waals surface area contributed by atoms with E-state index in [1.807, 2.05) is 6.07 Å². The summed E-state index contributed by atoms with van der Waals surface area (Å²) in [5.74, 6) is -0.765. The number of rotatable bonds is 6. The molecule has 0 atom stereocenters. The average Bonchev–Trinajstić information content (AvgIpc) is 2.48. The van der Waals surface area contributed by atoms with E-state index in [0.29, 0.717) is 6.54 Å². The van der Waals surface area contributed by atoms with Crippen LogP contribution in [0.25, 0.3) is 0 Å². The summed E-state index contributed by atoms with van der Waals surface area (Å²) < 4.78 is 0. The average molecular weight is 297 g/mol. The first-order chi connectivity index (χ1) is 10.5. The molecule has 2 aromatic carbocycles. The maximum absolute atomic E-state index is 11.0. The minimum absolute atomic E-state index is 0.138. The van der Waals surface area contributed by atoms with Gasteiger partial charge in [-0.2, -0.15) is 0 Å². The Labute approximate surface area is 132 Å². The lowest BCUT2D eigenvalue weighted by Crippen LogP contribution is -2.26. The molecule has 0 spiro atoms. The third-order valence-corrected chi connectivity index (χ3v) is 4.01. The van der Waals surface area contributed by atoms with Crippen LogP contribution in [0.5, 0.6) is 0 Å². The van der Waals surface area contributed by atoms with E-state index < -0.39 is 5.97 Å². The summed E-state index contributed by atoms with van der Waals surface area (Å²) in [5, 5.41) is 9.01. The molecule has 0 aliphatic carbocycles. The fourth-order valence-corrected chi connectivity index (χ4v) is 2.51. The summed E-state index contributed by atoms with van der Waals surface area (Å²) in [5.41, 5.74) is 5.97. The molecule has 0 saturated heterocycles. The van der Waals surface area contributed by atoms with Crippen molar-refractivity contribution < 1.29 is 9.90 Å². The normalized spacial score (nSPS) is 10.5. The molecule has 0 heterocycles. The number of carboxylic acids is 1. The predicted molar refractivity (Wildman–Crippen MR) is 90.4 cm³/mol. The topological polar surface area (TPSA) is 40.5 Å². The van der Waals surface area contributed by atoms with E-state index in [1.165, 1.54) is 22.3 Å². The summed E-state index contributed by atoms with van der Waals surface area (Å²) in [7, 11) is 0. The van der Waals surface area contributed by atoms with Gasteiger partial charge in [-0.15, -0.1) is 0 Å². The van der Waals surface area contributed by atoms with Gasteiger partial charge >= 0.3 is 5.97 Å². The molecule has 0 radical (unpaired) electrons. The van der Waals surface area contributed by atoms with E-state index in [0.717, 1.165) is 12.2 Å². The lowest BCUT2D eigenvalue weighted by Gasteiger charge is -2.27. The Kier molecular flexibility index (Phi) is 5.21. The Morgan fingerprint density at radius 1 is 1.05 bits per heavy atom. The predicted octanol–water partition coefficient (Wildman–Crippen LogP) is 4.09. The molecule has 0 bridgehead atoms. The Morgan fingerprint density at radius 2 is 1.73 bits per heavy atom. The fourth-order valence-electron chi connectivity index (χ4n) is 2.51. The Bertz CT molecular complexity index is 647. The highest BCUT2D eigenvalue weighted by molar-refractivity contribution is 5.68. The van der Waals surface area contributed by atoms with Crippen molar-refractivity contribution in [3.63, 3.8) is 0 Å². The lowest BCUT2D eigenvalue weighted by molar-refractivity contribution is -0.136. The van der Waals surface area contributed by atoms with Crippen LogP contribution < -0.4 is 4.90 Å². The first kappa shape index (κ1) is 16.1. The van der Waals surface area contributed by atoms with E-state index >= 15 is 0 Å². The number of aryl methyl sites for hydroxylation is 2. The Balaban J connectivity index is 2.27. The summed E-state index contributed by atoms with van der Waals surface area (Å²) in [6.07, 6.45) is 0.138. The molecular formula is C19H23NO2. The van der Waals surface area contributed by atoms with Crippen LogP contribution in [-0.4, -0.2) is 17.6 Å². The van der Waals surface area contributed by atoms with Crippen LogP contribution in [0.15, 0.2) is 42.5 Å². The molecule has 0 aliphatic rings. The van der Waals surface area contributed by atoms with Crippen molar-refractivity contribution in [3.05, 3.63) is 64.7 Å². The van der Waals surface area contributed by atoms with Crippen molar-refractivity contribution in [2.75, 3.05) is 11.4 Å². The number of nitrogens with zero attached hydrogens (tertiary/aromatic N) is 1. The summed E-state index contributed by atoms with van der Waals surface area (Å²) in [6.45, 7) is 7.47. The zero-order valence-electron chi connectivity index (χ0n) is 13.5. The van der Waals surface area contributed by atoms with Gasteiger partial charge in [0.15, 0.2) is 0 Å². The van der Waals surface area contributed by atoms with Crippen LogP contribution in [0.4, 0.5) is 5.69 Å². The molecule has 0 unspecified atom stereocenters. The Hall–Kier alpha value is -2.29. The van der Waals surface area contributed by atoms with Gasteiger partial charge < -0.3 is 10.0 Å². The molecule has 22 heavy (non-hydrogen) atoms. The molecule has 0 saturated carbocycles. The quantitative estimate of drug-likeness (QED) is 0.873. The highest BCUT2D eigenvalue weighted by Gasteiger charge is 2.12. The number of hydrogen-bond donors (Lipinski definition) is 1. The number of carbonyl (C=O) groups is 1. The molecule has 3 heteroatoms. The highest BCUT2D eigenvalue weighted by atomic mass is 16.4. The first-order valence-electron chi connectivity index (χ1n) is 7.56. The van der Waals surface area contributed by atoms with Gasteiger partial charge in [-0.25, -0.2) is 0 Å². The molecule has 0 amide bonds. The highest BCUT2D eigenvalue weighted by Crippen LogP contribution is 2.24. The van der Waals surface area contributed by atoms with E-state index in [4.69, 9.17) is 5.11 Å². The third kappa shape index (κ3) is 4.10. The van der Waals surface area contributed by atoms with Gasteiger partial charge in [-0.05, 0) is 43.5 Å². The van der Waals surface area contributed by atoms with E-state index in [2.05, 4.69) is 62.1 Å². The SMILES string of the molecule is Cc1ccc(CN(CCC(=O)O)c2cccc(C)c2C)cc1. The van der Waals surface area contributed by atoms with Crippen LogP contribution in [0.3, 0.4) is 0 Å². The van der Waals surface area contributed by atoms with Crippen molar-refractivity contribution in [2.24, 2.45) is 0 Å². The number of anilines is 1. The molecule has 0 aliphatic heterocycles. The Morgan fingerprint density at radius 3 is 2.36 bits per heavy atom. The number of hydrogen-bond acceptors (Lipinski definition) is 2. The second-order valence-electron chi connectivity index (χ2n) is 5.77. The van der Waals surface area contributed by atoms with Crippen LogP contribution in [-0.2, 0) is 11.3 Å². The van der Waals surface area contributed by atoms with Crippen LogP contribution in [0.2, 0.25) is 0 Å². The van der Waals surface area contributed by atoms with E-state index in [9.17, 15) is 4.79 Å². The minimum Gasteiger partial charge on any atom is -0.481 e. The zero-order chi connectivity index (χ0) is 16.1. The molecule has 116 valence electrons. The maximum atomic E-state index is 11.0. The van der Waals surface area contributed by atoms with Crippen molar-refractivity contribution in [1.29, 1.82) is 0 Å². The van der Waals surface area contributed by atoms with E-state index in [1.54, 1.807) is 0 Å². The summed E-state index contributed by atoms with van der Waals surface area (Å²) in [4.78, 5) is 13.1. The van der Waals surface area contributed by atoms with Gasteiger partial charge in [0.2, 0.25) is 0 Å². The monoisotopic (exact) mass is 297 g/mol. The molecule has 2 rings (SSSR count). The largest absolute Gasteiger partial charge is 0.481 e. The number of benzene rings is 2. The number of carboxylic acid groups (broad SMARTS) is 1. The standard InChI is InChI=1S/C19H23NO2/c1-14-7-9-17(10-8-14)13-20(12-11-19(21)22)18-6-4-5-15(2)16(18)3/h4-10H,11-13H2,1-3H3,(H,21,22). The second-order valence-corrected chi connectivity index (χ2v) is 5.77. The second kappa shape index (κ2) is 7.12. The van der Waals surface area contributed by atoms with Crippen LogP contribution in [0, 0.1) is 20.8 Å². The molecule has 0 fully saturated rings. The minimum atomic E-state index is -0.765. The van der Waals surface area contributed by atoms with E-state index in [-0.39, 0.29) is 6.42 Å². The van der Waals surface area contributed by atoms with Gasteiger partial charge in [0.1, 0.15) is 0 Å². The van der Waals surface area contributed by atoms with Gasteiger partial charge in [0, 0.05) is 18.8 Å². The lowest BCUT2D eigenvalue weighted by atomic mass is 10.1. The third-order valence-electron chi connectivity index (χ3n) is 4.01. The molecular weight excluding hydrogens is 274 g/mol. The van der Waals surface area contributed by atoms with Crippen molar-refractivity contribution in [1.82, 2.24) is 0 Å². The fraction of sp³-hybridized carbons (Fsp3) is 0.316. The molecule has 3 nitrogen and oxygen atoms in total. The summed E-state index contributed by atoms with van der Waals surface area (Å²) in [6, 6.07) is 14.6. The zero-order valence-corrected chi connectivity index (χ0v) is 13.5. The summed E-state index contributed by atoms with van der Waals surface area (Å²) >= 11 is 0. The van der Waals surface area contributed by atoms with Crippen LogP contribution in [0.1, 0.15) is 28.7 Å². The van der Waals surface area contributed by atoms with Crippen molar-refractivity contribution in [3.8, 4) is 0 Å². The van der Waals surface area contributed by atoms with Crippen molar-refractivity contribution >= 4 is 11.7 Å². The van der Waals surface area contributed by atoms with Gasteiger partial charge in [-0.3, -0.25) is 4.79 Å². The van der Waals surface area contributed by atoms with Crippen molar-refractivity contribution in [2.45, 2.75) is 33.7 Å². The maximum Gasteiger partial charge on any atom is 0.305 e. The van der Waals surface area contributed by atoms with Crippen LogP contribution >= 0.6 is 0 Å².